The summed E-state index contributed by atoms with van der Waals surface area (Å²) < 4.78 is 0. The van der Waals surface area contributed by atoms with Crippen LogP contribution in [0.3, 0.4) is 0 Å². The number of fused-ring (bicyclic) bond motifs is 1. The molecule has 1 nitrogen and oxygen atoms in total. The number of allylic oxidation sites excluding steroid dienone is 2. The van der Waals surface area contributed by atoms with E-state index < -0.39 is 0 Å². The van der Waals surface area contributed by atoms with E-state index in [0.717, 1.165) is 12.3 Å². The van der Waals surface area contributed by atoms with E-state index in [4.69, 9.17) is 0 Å². The molecule has 0 spiro atoms. The zero-order valence-corrected chi connectivity index (χ0v) is 10.5. The molecule has 0 heterocycles. The molecular formula is C14H24O. The van der Waals surface area contributed by atoms with Crippen molar-refractivity contribution in [3.8, 4) is 0 Å². The van der Waals surface area contributed by atoms with Gasteiger partial charge in [-0.2, -0.15) is 0 Å². The van der Waals surface area contributed by atoms with Crippen molar-refractivity contribution in [1.82, 2.24) is 0 Å². The Bertz CT molecular complexity index is 281. The predicted octanol–water partition coefficient (Wildman–Crippen LogP) is 3.39. The summed E-state index contributed by atoms with van der Waals surface area (Å²) in [5.41, 5.74) is 1.64. The number of aliphatic hydroxyl groups excluding tert-OH is 1. The Morgan fingerprint density at radius 3 is 2.67 bits per heavy atom. The first-order valence-electron chi connectivity index (χ1n) is 6.31. The minimum absolute atomic E-state index is 0.0990. The molecule has 5 atom stereocenters. The van der Waals surface area contributed by atoms with Crippen LogP contribution in [-0.4, -0.2) is 11.2 Å². The third-order valence-electron chi connectivity index (χ3n) is 5.16. The molecule has 86 valence electrons. The predicted molar refractivity (Wildman–Crippen MR) is 63.5 cm³/mol. The van der Waals surface area contributed by atoms with Crippen LogP contribution in [0.1, 0.15) is 47.0 Å². The van der Waals surface area contributed by atoms with E-state index in [2.05, 4.69) is 33.8 Å². The number of rotatable bonds is 0. The Hall–Kier alpha value is -0.300. The number of hydrogen-bond donors (Lipinski definition) is 1. The second-order valence-corrected chi connectivity index (χ2v) is 6.05. The third-order valence-corrected chi connectivity index (χ3v) is 5.16. The van der Waals surface area contributed by atoms with Crippen molar-refractivity contribution in [3.63, 3.8) is 0 Å². The maximum absolute atomic E-state index is 10.3. The highest BCUT2D eigenvalue weighted by molar-refractivity contribution is 5.16. The van der Waals surface area contributed by atoms with Gasteiger partial charge < -0.3 is 5.11 Å². The summed E-state index contributed by atoms with van der Waals surface area (Å²) in [6.45, 7) is 9.17. The molecule has 1 N–H and O–H groups in total. The average Bonchev–Trinajstić information content (AvgIpc) is 2.17. The Labute approximate surface area is 93.6 Å². The lowest BCUT2D eigenvalue weighted by Crippen LogP contribution is -2.51. The van der Waals surface area contributed by atoms with Crippen LogP contribution in [-0.2, 0) is 0 Å². The smallest absolute Gasteiger partial charge is 0.0602 e. The summed E-state index contributed by atoms with van der Waals surface area (Å²) in [5.74, 6) is 1.97. The van der Waals surface area contributed by atoms with Gasteiger partial charge in [-0.15, -0.1) is 0 Å². The lowest BCUT2D eigenvalue weighted by atomic mass is 9.53. The Kier molecular flexibility index (Phi) is 2.70. The van der Waals surface area contributed by atoms with Gasteiger partial charge in [0.15, 0.2) is 0 Å². The van der Waals surface area contributed by atoms with Gasteiger partial charge in [-0.05, 0) is 43.9 Å². The maximum Gasteiger partial charge on any atom is 0.0602 e. The molecule has 0 aromatic heterocycles. The van der Waals surface area contributed by atoms with Crippen molar-refractivity contribution in [2.75, 3.05) is 0 Å². The van der Waals surface area contributed by atoms with Crippen molar-refractivity contribution < 1.29 is 5.11 Å². The zero-order valence-electron chi connectivity index (χ0n) is 10.5. The Morgan fingerprint density at radius 1 is 1.33 bits per heavy atom. The standard InChI is InChI=1S/C14H24O/c1-9-7-11(3)14(4)12(8-9)10(2)5-6-13(14)15/h7,10-13,15H,5-6,8H2,1-4H3. The van der Waals surface area contributed by atoms with Gasteiger partial charge in [-0.25, -0.2) is 0 Å². The molecule has 1 saturated carbocycles. The molecule has 0 aliphatic heterocycles. The van der Waals surface area contributed by atoms with Gasteiger partial charge in [0, 0.05) is 5.41 Å². The fourth-order valence-electron chi connectivity index (χ4n) is 3.88. The van der Waals surface area contributed by atoms with E-state index in [-0.39, 0.29) is 11.5 Å². The number of aliphatic hydroxyl groups is 1. The van der Waals surface area contributed by atoms with Crippen LogP contribution in [0.25, 0.3) is 0 Å². The van der Waals surface area contributed by atoms with Gasteiger partial charge in [-0.3, -0.25) is 0 Å². The molecule has 0 aromatic rings. The lowest BCUT2D eigenvalue weighted by molar-refractivity contribution is -0.0921. The molecule has 15 heavy (non-hydrogen) atoms. The second-order valence-electron chi connectivity index (χ2n) is 6.05. The van der Waals surface area contributed by atoms with Crippen LogP contribution in [0.15, 0.2) is 11.6 Å². The molecule has 1 heteroatoms. The molecule has 0 aromatic carbocycles. The van der Waals surface area contributed by atoms with Gasteiger partial charge in [0.1, 0.15) is 0 Å². The van der Waals surface area contributed by atoms with Crippen LogP contribution in [0.2, 0.25) is 0 Å². The SMILES string of the molecule is CC1=CC(C)C2(C)C(O)CCC(C)C2C1. The molecule has 0 saturated heterocycles. The van der Waals surface area contributed by atoms with Gasteiger partial charge >= 0.3 is 0 Å². The van der Waals surface area contributed by atoms with Crippen molar-refractivity contribution >= 4 is 0 Å². The molecule has 2 aliphatic rings. The molecular weight excluding hydrogens is 184 g/mol. The van der Waals surface area contributed by atoms with Crippen LogP contribution < -0.4 is 0 Å². The fourth-order valence-corrected chi connectivity index (χ4v) is 3.88. The molecule has 0 bridgehead atoms. The topological polar surface area (TPSA) is 20.2 Å². The monoisotopic (exact) mass is 208 g/mol. The van der Waals surface area contributed by atoms with Crippen molar-refractivity contribution in [2.24, 2.45) is 23.2 Å². The van der Waals surface area contributed by atoms with Gasteiger partial charge in [-0.1, -0.05) is 32.4 Å². The van der Waals surface area contributed by atoms with Crippen LogP contribution in [0.4, 0.5) is 0 Å². The third kappa shape index (κ3) is 1.56. The Balaban J connectivity index is 2.37. The first kappa shape index (κ1) is 11.2. The first-order chi connectivity index (χ1) is 6.96. The highest BCUT2D eigenvalue weighted by Gasteiger charge is 2.50. The van der Waals surface area contributed by atoms with E-state index in [1.165, 1.54) is 18.4 Å². The fraction of sp³-hybridized carbons (Fsp3) is 0.857. The minimum Gasteiger partial charge on any atom is -0.393 e. The highest BCUT2D eigenvalue weighted by Crippen LogP contribution is 2.54. The van der Waals surface area contributed by atoms with Crippen molar-refractivity contribution in [2.45, 2.75) is 53.1 Å². The van der Waals surface area contributed by atoms with E-state index in [1.807, 2.05) is 0 Å². The lowest BCUT2D eigenvalue weighted by Gasteiger charge is -2.53. The zero-order chi connectivity index (χ0) is 11.2. The van der Waals surface area contributed by atoms with E-state index in [9.17, 15) is 5.11 Å². The van der Waals surface area contributed by atoms with E-state index in [1.54, 1.807) is 0 Å². The Morgan fingerprint density at radius 2 is 2.00 bits per heavy atom. The van der Waals surface area contributed by atoms with Crippen LogP contribution in [0, 0.1) is 23.2 Å². The highest BCUT2D eigenvalue weighted by atomic mass is 16.3. The molecule has 1 fully saturated rings. The minimum atomic E-state index is -0.0990. The molecule has 2 rings (SSSR count). The summed E-state index contributed by atoms with van der Waals surface area (Å²) in [4.78, 5) is 0. The molecule has 0 radical (unpaired) electrons. The summed E-state index contributed by atoms with van der Waals surface area (Å²) in [6.07, 6.45) is 5.65. The quantitative estimate of drug-likeness (QED) is 0.605. The molecule has 0 amide bonds. The normalized spacial score (nSPS) is 50.9. The average molecular weight is 208 g/mol. The largest absolute Gasteiger partial charge is 0.393 e. The van der Waals surface area contributed by atoms with Gasteiger partial charge in [0.05, 0.1) is 6.10 Å². The summed E-state index contributed by atoms with van der Waals surface area (Å²) >= 11 is 0. The first-order valence-corrected chi connectivity index (χ1v) is 6.31. The van der Waals surface area contributed by atoms with Gasteiger partial charge in [0.25, 0.3) is 0 Å². The van der Waals surface area contributed by atoms with E-state index in [0.29, 0.717) is 11.8 Å². The van der Waals surface area contributed by atoms with Gasteiger partial charge in [0.2, 0.25) is 0 Å². The van der Waals surface area contributed by atoms with Crippen molar-refractivity contribution in [3.05, 3.63) is 11.6 Å². The summed E-state index contributed by atoms with van der Waals surface area (Å²) in [5, 5.41) is 10.3. The summed E-state index contributed by atoms with van der Waals surface area (Å²) in [6, 6.07) is 0. The van der Waals surface area contributed by atoms with Crippen LogP contribution >= 0.6 is 0 Å². The second kappa shape index (κ2) is 3.62. The van der Waals surface area contributed by atoms with E-state index >= 15 is 0 Å². The van der Waals surface area contributed by atoms with Crippen LogP contribution in [0.5, 0.6) is 0 Å². The summed E-state index contributed by atoms with van der Waals surface area (Å²) in [7, 11) is 0. The number of hydrogen-bond acceptors (Lipinski definition) is 1. The molecule has 2 aliphatic carbocycles. The maximum atomic E-state index is 10.3. The molecule has 5 unspecified atom stereocenters. The van der Waals surface area contributed by atoms with Crippen molar-refractivity contribution in [1.29, 1.82) is 0 Å².